The fraction of sp³-hybridized carbons (Fsp3) is 0.409. The van der Waals surface area contributed by atoms with Gasteiger partial charge in [0.2, 0.25) is 5.91 Å². The smallest absolute Gasteiger partial charge is 0.232 e. The van der Waals surface area contributed by atoms with E-state index in [0.717, 1.165) is 37.2 Å². The summed E-state index contributed by atoms with van der Waals surface area (Å²) in [6.07, 6.45) is 3.39. The number of likely N-dealkylation sites (tertiary alicyclic amines) is 1. The molecule has 3 rings (SSSR count). The molecule has 0 aliphatic carbocycles. The summed E-state index contributed by atoms with van der Waals surface area (Å²) >= 11 is 0. The van der Waals surface area contributed by atoms with Gasteiger partial charge in [0, 0.05) is 6.54 Å². The first-order valence-electron chi connectivity index (χ1n) is 9.33. The van der Waals surface area contributed by atoms with Crippen LogP contribution in [-0.4, -0.2) is 30.4 Å². The van der Waals surface area contributed by atoms with Crippen molar-refractivity contribution in [3.05, 3.63) is 71.8 Å². The van der Waals surface area contributed by atoms with Crippen molar-refractivity contribution in [2.75, 3.05) is 19.6 Å². The van der Waals surface area contributed by atoms with Crippen LogP contribution in [0.5, 0.6) is 0 Å². The molecule has 0 radical (unpaired) electrons. The lowest BCUT2D eigenvalue weighted by atomic mass is 9.64. The van der Waals surface area contributed by atoms with Gasteiger partial charge in [0.05, 0.1) is 0 Å². The van der Waals surface area contributed by atoms with Crippen molar-refractivity contribution < 1.29 is 4.79 Å². The Bertz CT molecular complexity index is 644. The van der Waals surface area contributed by atoms with E-state index in [0.29, 0.717) is 0 Å². The van der Waals surface area contributed by atoms with Crippen molar-refractivity contribution >= 4 is 5.91 Å². The van der Waals surface area contributed by atoms with Crippen LogP contribution in [0.15, 0.2) is 60.7 Å². The monoisotopic (exact) mass is 336 g/mol. The predicted octanol–water partition coefficient (Wildman–Crippen LogP) is 3.58. The molecule has 0 bridgehead atoms. The average Bonchev–Trinajstić information content (AvgIpc) is 3.11. The van der Waals surface area contributed by atoms with Crippen LogP contribution in [0.4, 0.5) is 0 Å². The highest BCUT2D eigenvalue weighted by Gasteiger charge is 2.49. The van der Waals surface area contributed by atoms with Gasteiger partial charge >= 0.3 is 0 Å². The van der Waals surface area contributed by atoms with Gasteiger partial charge in [-0.05, 0) is 43.0 Å². The summed E-state index contributed by atoms with van der Waals surface area (Å²) in [5, 5.41) is 0. The van der Waals surface area contributed by atoms with Gasteiger partial charge in [-0.2, -0.15) is 0 Å². The lowest BCUT2D eigenvalue weighted by Gasteiger charge is -2.37. The third-order valence-electron chi connectivity index (χ3n) is 5.56. The molecule has 25 heavy (non-hydrogen) atoms. The molecular formula is C22H28N2O. The molecule has 1 saturated heterocycles. The Morgan fingerprint density at radius 2 is 1.64 bits per heavy atom. The van der Waals surface area contributed by atoms with Crippen molar-refractivity contribution in [1.29, 1.82) is 0 Å². The van der Waals surface area contributed by atoms with E-state index in [4.69, 9.17) is 5.73 Å². The molecule has 2 aromatic carbocycles. The average molecular weight is 336 g/mol. The summed E-state index contributed by atoms with van der Waals surface area (Å²) in [4.78, 5) is 15.4. The van der Waals surface area contributed by atoms with Crippen LogP contribution in [0.1, 0.15) is 37.3 Å². The maximum atomic E-state index is 12.9. The summed E-state index contributed by atoms with van der Waals surface area (Å²) in [6.45, 7) is 5.28. The number of nitrogens with zero attached hydrogens (tertiary/aromatic N) is 1. The number of nitrogens with two attached hydrogens (primary N) is 1. The van der Waals surface area contributed by atoms with Crippen molar-refractivity contribution in [2.24, 2.45) is 11.7 Å². The molecule has 1 fully saturated rings. The van der Waals surface area contributed by atoms with Crippen molar-refractivity contribution in [1.82, 2.24) is 4.90 Å². The summed E-state index contributed by atoms with van der Waals surface area (Å²) < 4.78 is 0. The number of hydrogen-bond donors (Lipinski definition) is 1. The number of unbranched alkanes of at least 4 members (excludes halogenated alkanes) is 1. The second-order valence-electron chi connectivity index (χ2n) is 7.04. The molecule has 1 amide bonds. The zero-order valence-electron chi connectivity index (χ0n) is 15.0. The molecule has 2 aromatic rings. The minimum Gasteiger partial charge on any atom is -0.369 e. The van der Waals surface area contributed by atoms with Crippen LogP contribution >= 0.6 is 0 Å². The lowest BCUT2D eigenvalue weighted by molar-refractivity contribution is -0.123. The first-order valence-corrected chi connectivity index (χ1v) is 9.33. The zero-order valence-corrected chi connectivity index (χ0v) is 15.0. The van der Waals surface area contributed by atoms with Gasteiger partial charge in [-0.15, -0.1) is 0 Å². The fourth-order valence-corrected chi connectivity index (χ4v) is 4.30. The Balaban J connectivity index is 2.05. The number of benzene rings is 2. The first-order chi connectivity index (χ1) is 12.2. The predicted molar refractivity (Wildman–Crippen MR) is 102 cm³/mol. The van der Waals surface area contributed by atoms with Crippen LogP contribution in [0.3, 0.4) is 0 Å². The summed E-state index contributed by atoms with van der Waals surface area (Å²) in [7, 11) is 0. The molecule has 0 aromatic heterocycles. The third kappa shape index (κ3) is 3.34. The molecule has 1 heterocycles. The Morgan fingerprint density at radius 1 is 1.08 bits per heavy atom. The number of carbonyl (C=O) groups excluding carboxylic acids is 1. The highest BCUT2D eigenvalue weighted by atomic mass is 16.1. The Morgan fingerprint density at radius 3 is 2.12 bits per heavy atom. The molecular weight excluding hydrogens is 308 g/mol. The fourth-order valence-electron chi connectivity index (χ4n) is 4.30. The normalized spacial score (nSPS) is 18.4. The van der Waals surface area contributed by atoms with E-state index >= 15 is 0 Å². The van der Waals surface area contributed by atoms with Gasteiger partial charge in [-0.1, -0.05) is 74.0 Å². The van der Waals surface area contributed by atoms with Crippen molar-refractivity contribution in [2.45, 2.75) is 31.6 Å². The minimum absolute atomic E-state index is 0.201. The quantitative estimate of drug-likeness (QED) is 0.840. The Kier molecular flexibility index (Phi) is 5.54. The van der Waals surface area contributed by atoms with E-state index < -0.39 is 5.41 Å². The summed E-state index contributed by atoms with van der Waals surface area (Å²) in [5.74, 6) is -0.0427. The van der Waals surface area contributed by atoms with Crippen LogP contribution in [0.25, 0.3) is 0 Å². The van der Waals surface area contributed by atoms with E-state index in [9.17, 15) is 4.79 Å². The van der Waals surface area contributed by atoms with Crippen LogP contribution < -0.4 is 5.73 Å². The standard InChI is InChI=1S/C22H28N2O/c1-2-3-15-24-16-14-20(17-24)22(21(23)25,18-10-6-4-7-11-18)19-12-8-5-9-13-19/h4-13,20H,2-3,14-17H2,1H3,(H2,23,25)/t20-/m1/s1. The molecule has 1 atom stereocenters. The molecule has 1 aliphatic rings. The van der Waals surface area contributed by atoms with Crippen LogP contribution in [0, 0.1) is 5.92 Å². The number of rotatable bonds is 7. The van der Waals surface area contributed by atoms with Gasteiger partial charge in [0.25, 0.3) is 0 Å². The maximum Gasteiger partial charge on any atom is 0.232 e. The SMILES string of the molecule is CCCCN1CC[C@@H](C(C(N)=O)(c2ccccc2)c2ccccc2)C1. The summed E-state index contributed by atoms with van der Waals surface area (Å²) in [6, 6.07) is 20.2. The first kappa shape index (κ1) is 17.7. The van der Waals surface area contributed by atoms with Crippen molar-refractivity contribution in [3.8, 4) is 0 Å². The molecule has 0 unspecified atom stereocenters. The molecule has 132 valence electrons. The van der Waals surface area contributed by atoms with E-state index in [1.807, 2.05) is 60.7 Å². The van der Waals surface area contributed by atoms with Gasteiger partial charge in [0.1, 0.15) is 5.41 Å². The Hall–Kier alpha value is -2.13. The topological polar surface area (TPSA) is 46.3 Å². The van der Waals surface area contributed by atoms with Gasteiger partial charge in [-0.3, -0.25) is 4.79 Å². The number of carbonyl (C=O) groups is 1. The van der Waals surface area contributed by atoms with E-state index in [1.54, 1.807) is 0 Å². The van der Waals surface area contributed by atoms with Crippen molar-refractivity contribution in [3.63, 3.8) is 0 Å². The molecule has 1 aliphatic heterocycles. The highest BCUT2D eigenvalue weighted by Crippen LogP contribution is 2.43. The third-order valence-corrected chi connectivity index (χ3v) is 5.56. The lowest BCUT2D eigenvalue weighted by Crippen LogP contribution is -2.49. The zero-order chi connectivity index (χ0) is 17.7. The molecule has 2 N–H and O–H groups in total. The Labute approximate surface area is 150 Å². The van der Waals surface area contributed by atoms with Gasteiger partial charge < -0.3 is 10.6 Å². The highest BCUT2D eigenvalue weighted by molar-refractivity contribution is 5.91. The van der Waals surface area contributed by atoms with Crippen LogP contribution in [-0.2, 0) is 10.2 Å². The van der Waals surface area contributed by atoms with E-state index in [1.165, 1.54) is 12.8 Å². The molecule has 0 saturated carbocycles. The molecule has 3 nitrogen and oxygen atoms in total. The van der Waals surface area contributed by atoms with Gasteiger partial charge in [-0.25, -0.2) is 0 Å². The molecule has 0 spiro atoms. The number of primary amides is 1. The molecule has 3 heteroatoms. The summed E-state index contributed by atoms with van der Waals surface area (Å²) in [5.41, 5.74) is 7.36. The number of amides is 1. The maximum absolute atomic E-state index is 12.9. The minimum atomic E-state index is -0.760. The van der Waals surface area contributed by atoms with Crippen LogP contribution in [0.2, 0.25) is 0 Å². The van der Waals surface area contributed by atoms with Gasteiger partial charge in [0.15, 0.2) is 0 Å². The largest absolute Gasteiger partial charge is 0.369 e. The van der Waals surface area contributed by atoms with E-state index in [2.05, 4.69) is 11.8 Å². The second kappa shape index (κ2) is 7.83. The second-order valence-corrected chi connectivity index (χ2v) is 7.04. The van der Waals surface area contributed by atoms with E-state index in [-0.39, 0.29) is 11.8 Å². The number of hydrogen-bond acceptors (Lipinski definition) is 2.